The second-order valence-electron chi connectivity index (χ2n) is 4.56. The molecule has 1 aromatic carbocycles. The molecule has 1 N–H and O–H groups in total. The van der Waals surface area contributed by atoms with E-state index in [-0.39, 0.29) is 5.56 Å². The smallest absolute Gasteiger partial charge is 0.313 e. The van der Waals surface area contributed by atoms with Crippen LogP contribution in [0.25, 0.3) is 6.08 Å². The summed E-state index contributed by atoms with van der Waals surface area (Å²) in [5, 5.41) is 3.15. The fourth-order valence-corrected chi connectivity index (χ4v) is 1.82. The van der Waals surface area contributed by atoms with Gasteiger partial charge < -0.3 is 5.32 Å². The first-order chi connectivity index (χ1) is 9.38. The highest BCUT2D eigenvalue weighted by Gasteiger charge is 2.33. The molecule has 0 heterocycles. The van der Waals surface area contributed by atoms with Crippen LogP contribution in [0.1, 0.15) is 37.8 Å². The Hall–Kier alpha value is -1.36. The van der Waals surface area contributed by atoms with Gasteiger partial charge in [0.15, 0.2) is 0 Å². The molecule has 0 amide bonds. The van der Waals surface area contributed by atoms with Crippen molar-refractivity contribution in [1.29, 1.82) is 0 Å². The number of alkyl halides is 3. The Bertz CT molecular complexity index is 463. The van der Waals surface area contributed by atoms with E-state index in [1.807, 2.05) is 13.8 Å². The fourth-order valence-electron chi connectivity index (χ4n) is 1.82. The summed E-state index contributed by atoms with van der Waals surface area (Å²) in [6.07, 6.45) is -1.46. The zero-order valence-corrected chi connectivity index (χ0v) is 11.6. The molecule has 0 atom stereocenters. The molecule has 20 heavy (non-hydrogen) atoms. The highest BCUT2D eigenvalue weighted by atomic mass is 19.4. The molecule has 0 aliphatic rings. The molecule has 0 fully saturated rings. The van der Waals surface area contributed by atoms with Crippen LogP contribution in [-0.4, -0.2) is 13.1 Å². The molecule has 1 rings (SSSR count). The van der Waals surface area contributed by atoms with Gasteiger partial charge in [-0.15, -0.1) is 0 Å². The van der Waals surface area contributed by atoms with Gasteiger partial charge in [0.25, 0.3) is 0 Å². The maximum Gasteiger partial charge on any atom is 0.417 e. The number of hydrogen-bond acceptors (Lipinski definition) is 1. The van der Waals surface area contributed by atoms with E-state index in [0.29, 0.717) is 19.0 Å². The molecule has 0 aliphatic carbocycles. The summed E-state index contributed by atoms with van der Waals surface area (Å²) in [5.74, 6) is -0.878. The van der Waals surface area contributed by atoms with Crippen LogP contribution in [-0.2, 0) is 6.18 Å². The zero-order chi connectivity index (χ0) is 15.2. The van der Waals surface area contributed by atoms with E-state index in [2.05, 4.69) is 5.32 Å². The summed E-state index contributed by atoms with van der Waals surface area (Å²) in [7, 11) is 0. The molecule has 5 heteroatoms. The maximum atomic E-state index is 13.0. The van der Waals surface area contributed by atoms with E-state index >= 15 is 0 Å². The Morgan fingerprint density at radius 2 is 1.95 bits per heavy atom. The van der Waals surface area contributed by atoms with Gasteiger partial charge in [-0.3, -0.25) is 0 Å². The molecule has 1 nitrogen and oxygen atoms in total. The van der Waals surface area contributed by atoms with Crippen LogP contribution >= 0.6 is 0 Å². The lowest BCUT2D eigenvalue weighted by molar-refractivity contribution is -0.137. The molecule has 0 radical (unpaired) electrons. The van der Waals surface area contributed by atoms with Crippen molar-refractivity contribution in [3.8, 4) is 0 Å². The summed E-state index contributed by atoms with van der Waals surface area (Å²) in [4.78, 5) is 0. The maximum absolute atomic E-state index is 13.0. The van der Waals surface area contributed by atoms with Crippen LogP contribution in [0.15, 0.2) is 23.8 Å². The van der Waals surface area contributed by atoms with Crippen LogP contribution in [0.3, 0.4) is 0 Å². The van der Waals surface area contributed by atoms with E-state index in [1.165, 1.54) is 12.1 Å². The highest BCUT2D eigenvalue weighted by molar-refractivity contribution is 5.58. The first-order valence-corrected chi connectivity index (χ1v) is 6.65. The summed E-state index contributed by atoms with van der Waals surface area (Å²) in [5.41, 5.74) is -0.0662. The average Bonchev–Trinajstić information content (AvgIpc) is 2.38. The molecule has 0 bridgehead atoms. The molecule has 1 aromatic rings. The number of benzene rings is 1. The Labute approximate surface area is 116 Å². The van der Waals surface area contributed by atoms with Crippen molar-refractivity contribution in [3.63, 3.8) is 0 Å². The number of halogens is 4. The van der Waals surface area contributed by atoms with Gasteiger partial charge in [0.2, 0.25) is 0 Å². The van der Waals surface area contributed by atoms with Crippen LogP contribution < -0.4 is 5.32 Å². The van der Waals surface area contributed by atoms with Crippen molar-refractivity contribution in [2.24, 2.45) is 0 Å². The van der Waals surface area contributed by atoms with Gasteiger partial charge in [0.1, 0.15) is 5.82 Å². The number of hydrogen-bond donors (Lipinski definition) is 1. The van der Waals surface area contributed by atoms with E-state index < -0.39 is 17.6 Å². The SMILES string of the molecule is CCCNC/C(=C/c1ccc(F)cc1C(F)(F)F)CC. The highest BCUT2D eigenvalue weighted by Crippen LogP contribution is 2.33. The largest absolute Gasteiger partial charge is 0.417 e. The second-order valence-corrected chi connectivity index (χ2v) is 4.56. The molecule has 0 unspecified atom stereocenters. The predicted molar refractivity (Wildman–Crippen MR) is 72.8 cm³/mol. The minimum absolute atomic E-state index is 0.00838. The lowest BCUT2D eigenvalue weighted by Crippen LogP contribution is -2.17. The van der Waals surface area contributed by atoms with Crippen molar-refractivity contribution in [3.05, 3.63) is 40.7 Å². The Morgan fingerprint density at radius 3 is 2.50 bits per heavy atom. The quantitative estimate of drug-likeness (QED) is 0.594. The summed E-state index contributed by atoms with van der Waals surface area (Å²) >= 11 is 0. The van der Waals surface area contributed by atoms with Crippen molar-refractivity contribution >= 4 is 6.08 Å². The molecule has 0 spiro atoms. The molecule has 0 aromatic heterocycles. The lowest BCUT2D eigenvalue weighted by atomic mass is 10.0. The molecule has 0 saturated carbocycles. The normalized spacial score (nSPS) is 12.8. The number of nitrogens with one attached hydrogen (secondary N) is 1. The number of rotatable bonds is 6. The van der Waals surface area contributed by atoms with Gasteiger partial charge in [0, 0.05) is 6.54 Å². The van der Waals surface area contributed by atoms with Gasteiger partial charge in [0.05, 0.1) is 5.56 Å². The van der Waals surface area contributed by atoms with E-state index in [4.69, 9.17) is 0 Å². The monoisotopic (exact) mass is 289 g/mol. The second kappa shape index (κ2) is 7.43. The summed E-state index contributed by atoms with van der Waals surface area (Å²) in [6.45, 7) is 5.26. The minimum atomic E-state index is -4.55. The van der Waals surface area contributed by atoms with Crippen molar-refractivity contribution in [2.75, 3.05) is 13.1 Å². The Morgan fingerprint density at radius 1 is 1.25 bits per heavy atom. The predicted octanol–water partition coefficient (Wildman–Crippen LogP) is 4.64. The Kier molecular flexibility index (Phi) is 6.20. The molecule has 112 valence electrons. The van der Waals surface area contributed by atoms with Gasteiger partial charge in [-0.2, -0.15) is 13.2 Å². The van der Waals surface area contributed by atoms with Crippen LogP contribution in [0.5, 0.6) is 0 Å². The van der Waals surface area contributed by atoms with Crippen molar-refractivity contribution in [2.45, 2.75) is 32.9 Å². The first-order valence-electron chi connectivity index (χ1n) is 6.65. The molecular formula is C15H19F4N. The van der Waals surface area contributed by atoms with Gasteiger partial charge in [-0.25, -0.2) is 4.39 Å². The topological polar surface area (TPSA) is 12.0 Å². The summed E-state index contributed by atoms with van der Waals surface area (Å²) < 4.78 is 51.6. The lowest BCUT2D eigenvalue weighted by Gasteiger charge is -2.12. The average molecular weight is 289 g/mol. The zero-order valence-electron chi connectivity index (χ0n) is 11.6. The van der Waals surface area contributed by atoms with Crippen molar-refractivity contribution < 1.29 is 17.6 Å². The third-order valence-corrected chi connectivity index (χ3v) is 2.91. The van der Waals surface area contributed by atoms with Gasteiger partial charge >= 0.3 is 6.18 Å². The van der Waals surface area contributed by atoms with Gasteiger partial charge in [-0.05, 0) is 37.1 Å². The summed E-state index contributed by atoms with van der Waals surface area (Å²) in [6, 6.07) is 2.76. The van der Waals surface area contributed by atoms with E-state index in [0.717, 1.165) is 24.6 Å². The van der Waals surface area contributed by atoms with Crippen LogP contribution in [0, 0.1) is 5.82 Å². The molecule has 0 saturated heterocycles. The molecule has 0 aliphatic heterocycles. The third kappa shape index (κ3) is 4.96. The van der Waals surface area contributed by atoms with Gasteiger partial charge in [-0.1, -0.05) is 31.6 Å². The van der Waals surface area contributed by atoms with E-state index in [1.54, 1.807) is 0 Å². The first kappa shape index (κ1) is 16.7. The van der Waals surface area contributed by atoms with Crippen LogP contribution in [0.4, 0.5) is 17.6 Å². The fraction of sp³-hybridized carbons (Fsp3) is 0.467. The third-order valence-electron chi connectivity index (χ3n) is 2.91. The van der Waals surface area contributed by atoms with E-state index in [9.17, 15) is 17.6 Å². The molecular weight excluding hydrogens is 270 g/mol. The van der Waals surface area contributed by atoms with Crippen LogP contribution in [0.2, 0.25) is 0 Å². The Balaban J connectivity index is 3.05. The standard InChI is InChI=1S/C15H19F4N/c1-3-7-20-10-11(4-2)8-12-5-6-13(16)9-14(12)15(17,18)19/h5-6,8-9,20H,3-4,7,10H2,1-2H3/b11-8+. The van der Waals surface area contributed by atoms with Crippen molar-refractivity contribution in [1.82, 2.24) is 5.32 Å². The minimum Gasteiger partial charge on any atom is -0.313 e.